The van der Waals surface area contributed by atoms with E-state index < -0.39 is 0 Å². The normalized spacial score (nSPS) is 17.7. The van der Waals surface area contributed by atoms with Gasteiger partial charge in [0.1, 0.15) is 0 Å². The molecule has 0 aliphatic carbocycles. The van der Waals surface area contributed by atoms with E-state index >= 15 is 0 Å². The van der Waals surface area contributed by atoms with Crippen LogP contribution in [0.3, 0.4) is 0 Å². The molecule has 1 amide bonds. The summed E-state index contributed by atoms with van der Waals surface area (Å²) < 4.78 is 1.69. The summed E-state index contributed by atoms with van der Waals surface area (Å²) in [7, 11) is 1.84. The number of anilines is 1. The molecular formula is C16H29N5O. The van der Waals surface area contributed by atoms with Crippen molar-refractivity contribution in [2.24, 2.45) is 18.9 Å². The number of piperidine rings is 1. The highest BCUT2D eigenvalue weighted by molar-refractivity contribution is 5.91. The molecule has 124 valence electrons. The minimum absolute atomic E-state index is 0.0315. The first-order valence-corrected chi connectivity index (χ1v) is 8.45. The Morgan fingerprint density at radius 2 is 2.09 bits per heavy atom. The van der Waals surface area contributed by atoms with Gasteiger partial charge in [-0.15, -0.1) is 0 Å². The Labute approximate surface area is 133 Å². The minimum Gasteiger partial charge on any atom is -0.317 e. The van der Waals surface area contributed by atoms with E-state index in [2.05, 4.69) is 41.5 Å². The number of hydrogen-bond donors (Lipinski definition) is 2. The number of amides is 1. The van der Waals surface area contributed by atoms with Gasteiger partial charge < -0.3 is 5.32 Å². The number of nitrogens with zero attached hydrogens (tertiary/aromatic N) is 3. The molecule has 2 rings (SSSR count). The van der Waals surface area contributed by atoms with Gasteiger partial charge in [-0.25, -0.2) is 4.68 Å². The largest absolute Gasteiger partial charge is 0.317 e. The van der Waals surface area contributed by atoms with E-state index in [4.69, 9.17) is 0 Å². The minimum atomic E-state index is 0.0315. The average Bonchev–Trinajstić information content (AvgIpc) is 2.86. The van der Waals surface area contributed by atoms with Gasteiger partial charge in [0.2, 0.25) is 11.9 Å². The molecule has 1 fully saturated rings. The quantitative estimate of drug-likeness (QED) is 0.846. The molecule has 6 nitrogen and oxygen atoms in total. The van der Waals surface area contributed by atoms with Crippen molar-refractivity contribution in [1.29, 1.82) is 0 Å². The van der Waals surface area contributed by atoms with E-state index in [0.29, 0.717) is 17.8 Å². The Hall–Kier alpha value is -1.43. The zero-order chi connectivity index (χ0) is 16.1. The van der Waals surface area contributed by atoms with Crippen LogP contribution >= 0.6 is 0 Å². The fourth-order valence-corrected chi connectivity index (χ4v) is 3.05. The second-order valence-corrected chi connectivity index (χ2v) is 6.57. The third kappa shape index (κ3) is 4.06. The van der Waals surface area contributed by atoms with Crippen LogP contribution < -0.4 is 10.6 Å². The highest BCUT2D eigenvalue weighted by Gasteiger charge is 2.25. The smallest absolute Gasteiger partial charge is 0.230 e. The lowest BCUT2D eigenvalue weighted by Gasteiger charge is -2.19. The predicted octanol–water partition coefficient (Wildman–Crippen LogP) is 2.29. The highest BCUT2D eigenvalue weighted by atomic mass is 16.2. The van der Waals surface area contributed by atoms with Gasteiger partial charge in [-0.1, -0.05) is 27.2 Å². The highest BCUT2D eigenvalue weighted by Crippen LogP contribution is 2.24. The first-order valence-electron chi connectivity index (χ1n) is 8.45. The topological polar surface area (TPSA) is 71.8 Å². The van der Waals surface area contributed by atoms with Crippen LogP contribution in [-0.4, -0.2) is 33.8 Å². The van der Waals surface area contributed by atoms with Crippen molar-refractivity contribution in [3.63, 3.8) is 0 Å². The van der Waals surface area contributed by atoms with E-state index in [1.54, 1.807) is 4.68 Å². The third-order valence-corrected chi connectivity index (χ3v) is 4.46. The Morgan fingerprint density at radius 1 is 1.41 bits per heavy atom. The van der Waals surface area contributed by atoms with Crippen LogP contribution in [0, 0.1) is 11.8 Å². The average molecular weight is 307 g/mol. The molecule has 1 saturated heterocycles. The standard InChI is InChI=1S/C16H29N5O/c1-5-6-13(11(2)3)15(22)19-16-18-14(20-21(16)4)12-7-9-17-10-8-12/h11-13,17H,5-10H2,1-4H3,(H,18,19,20,22). The van der Waals surface area contributed by atoms with Gasteiger partial charge in [0.05, 0.1) is 0 Å². The van der Waals surface area contributed by atoms with Crippen LogP contribution in [0.25, 0.3) is 0 Å². The lowest BCUT2D eigenvalue weighted by atomic mass is 9.91. The van der Waals surface area contributed by atoms with Crippen molar-refractivity contribution in [3.05, 3.63) is 5.82 Å². The molecule has 0 saturated carbocycles. The van der Waals surface area contributed by atoms with Gasteiger partial charge in [0.15, 0.2) is 5.82 Å². The number of aromatic nitrogens is 3. The van der Waals surface area contributed by atoms with Crippen molar-refractivity contribution in [2.75, 3.05) is 18.4 Å². The molecule has 2 N–H and O–H groups in total. The summed E-state index contributed by atoms with van der Waals surface area (Å²) in [5.74, 6) is 2.25. The zero-order valence-corrected chi connectivity index (χ0v) is 14.2. The molecule has 1 aliphatic heterocycles. The van der Waals surface area contributed by atoms with Crippen molar-refractivity contribution in [1.82, 2.24) is 20.1 Å². The maximum absolute atomic E-state index is 12.5. The Balaban J connectivity index is 2.05. The molecule has 2 heterocycles. The lowest BCUT2D eigenvalue weighted by molar-refractivity contribution is -0.121. The van der Waals surface area contributed by atoms with Crippen molar-refractivity contribution >= 4 is 11.9 Å². The van der Waals surface area contributed by atoms with Crippen LogP contribution in [0.5, 0.6) is 0 Å². The molecule has 1 atom stereocenters. The van der Waals surface area contributed by atoms with E-state index in [9.17, 15) is 4.79 Å². The molecule has 1 aromatic heterocycles. The summed E-state index contributed by atoms with van der Waals surface area (Å²) in [5.41, 5.74) is 0. The van der Waals surface area contributed by atoms with Crippen molar-refractivity contribution in [2.45, 2.75) is 52.4 Å². The Kier molecular flexibility index (Phi) is 5.94. The molecule has 22 heavy (non-hydrogen) atoms. The summed E-state index contributed by atoms with van der Waals surface area (Å²) in [5, 5.41) is 10.8. The van der Waals surface area contributed by atoms with Gasteiger partial charge in [-0.05, 0) is 38.3 Å². The van der Waals surface area contributed by atoms with Crippen molar-refractivity contribution < 1.29 is 4.79 Å². The predicted molar refractivity (Wildman–Crippen MR) is 87.7 cm³/mol. The molecule has 0 bridgehead atoms. The van der Waals surface area contributed by atoms with Crippen LogP contribution in [0.1, 0.15) is 58.2 Å². The summed E-state index contributed by atoms with van der Waals surface area (Å²) in [6, 6.07) is 0. The van der Waals surface area contributed by atoms with E-state index in [1.807, 2.05) is 7.05 Å². The number of nitrogens with one attached hydrogen (secondary N) is 2. The lowest BCUT2D eigenvalue weighted by Crippen LogP contribution is -2.28. The monoisotopic (exact) mass is 307 g/mol. The van der Waals surface area contributed by atoms with Crippen LogP contribution in [-0.2, 0) is 11.8 Å². The molecule has 0 radical (unpaired) electrons. The van der Waals surface area contributed by atoms with Crippen LogP contribution in [0.15, 0.2) is 0 Å². The molecule has 6 heteroatoms. The Morgan fingerprint density at radius 3 is 2.68 bits per heavy atom. The first kappa shape index (κ1) is 16.9. The van der Waals surface area contributed by atoms with E-state index in [-0.39, 0.29) is 11.8 Å². The molecule has 1 aliphatic rings. The number of carbonyl (C=O) groups is 1. The van der Waals surface area contributed by atoms with E-state index in [0.717, 1.165) is 44.6 Å². The number of carbonyl (C=O) groups excluding carboxylic acids is 1. The number of hydrogen-bond acceptors (Lipinski definition) is 4. The van der Waals surface area contributed by atoms with Crippen LogP contribution in [0.4, 0.5) is 5.95 Å². The third-order valence-electron chi connectivity index (χ3n) is 4.46. The molecular weight excluding hydrogens is 278 g/mol. The van der Waals surface area contributed by atoms with Gasteiger partial charge in [0, 0.05) is 18.9 Å². The van der Waals surface area contributed by atoms with Gasteiger partial charge in [0.25, 0.3) is 0 Å². The van der Waals surface area contributed by atoms with Crippen molar-refractivity contribution in [3.8, 4) is 0 Å². The second kappa shape index (κ2) is 7.72. The molecule has 0 aromatic carbocycles. The summed E-state index contributed by atoms with van der Waals surface area (Å²) >= 11 is 0. The van der Waals surface area contributed by atoms with Crippen LogP contribution in [0.2, 0.25) is 0 Å². The maximum Gasteiger partial charge on any atom is 0.230 e. The maximum atomic E-state index is 12.5. The Bertz CT molecular complexity index is 491. The molecule has 0 spiro atoms. The summed E-state index contributed by atoms with van der Waals surface area (Å²) in [4.78, 5) is 17.0. The van der Waals surface area contributed by atoms with Gasteiger partial charge in [-0.3, -0.25) is 10.1 Å². The molecule has 1 unspecified atom stereocenters. The SMILES string of the molecule is CCCC(C(=O)Nc1nc(C2CCNCC2)nn1C)C(C)C. The molecule has 1 aromatic rings. The van der Waals surface area contributed by atoms with Gasteiger partial charge in [-0.2, -0.15) is 10.1 Å². The summed E-state index contributed by atoms with van der Waals surface area (Å²) in [6.45, 7) is 8.32. The zero-order valence-electron chi connectivity index (χ0n) is 14.2. The fourth-order valence-electron chi connectivity index (χ4n) is 3.05. The number of aryl methyl sites for hydroxylation is 1. The summed E-state index contributed by atoms with van der Waals surface area (Å²) in [6.07, 6.45) is 4.03. The first-order chi connectivity index (χ1) is 10.5. The van der Waals surface area contributed by atoms with E-state index in [1.165, 1.54) is 0 Å². The van der Waals surface area contributed by atoms with Gasteiger partial charge >= 0.3 is 0 Å². The number of rotatable bonds is 6. The second-order valence-electron chi connectivity index (χ2n) is 6.57. The fraction of sp³-hybridized carbons (Fsp3) is 0.812.